The monoisotopic (exact) mass is 565 g/mol. The van der Waals surface area contributed by atoms with Crippen LogP contribution in [0, 0.1) is 6.92 Å². The van der Waals surface area contributed by atoms with Gasteiger partial charge in [-0.15, -0.1) is 0 Å². The van der Waals surface area contributed by atoms with Crippen molar-refractivity contribution < 1.29 is 18.0 Å². The molecule has 7 nitrogen and oxygen atoms in total. The third-order valence-electron chi connectivity index (χ3n) is 5.74. The third kappa shape index (κ3) is 9.29. The van der Waals surface area contributed by atoms with Crippen LogP contribution in [0.15, 0.2) is 53.0 Å². The lowest BCUT2D eigenvalue weighted by Gasteiger charge is -2.29. The molecule has 2 aromatic rings. The van der Waals surface area contributed by atoms with Crippen LogP contribution in [0.1, 0.15) is 50.7 Å². The minimum absolute atomic E-state index is 0.126. The van der Waals surface area contributed by atoms with Crippen LogP contribution < -0.4 is 9.62 Å². The standard InChI is InChI=1S/C26H36BrN3O4S/c1-5-6-17-28-26(32)21(3)29(19-22-11-13-23(27)14-12-22)25(31)8-7-18-30(35(4,33)34)24-15-9-20(2)10-16-24/h9-16,21H,5-8,17-19H2,1-4H3,(H,28,32)/t21-/m0/s1. The quantitative estimate of drug-likeness (QED) is 0.358. The van der Waals surface area contributed by atoms with E-state index in [1.807, 2.05) is 43.3 Å². The number of halogens is 1. The maximum Gasteiger partial charge on any atom is 0.242 e. The van der Waals surface area contributed by atoms with Crippen LogP contribution in [0.25, 0.3) is 0 Å². The molecule has 2 aromatic carbocycles. The topological polar surface area (TPSA) is 86.8 Å². The molecule has 0 unspecified atom stereocenters. The van der Waals surface area contributed by atoms with Gasteiger partial charge in [0, 0.05) is 30.5 Å². The van der Waals surface area contributed by atoms with E-state index in [0.717, 1.165) is 34.7 Å². The molecule has 35 heavy (non-hydrogen) atoms. The Morgan fingerprint density at radius 2 is 1.66 bits per heavy atom. The van der Waals surface area contributed by atoms with Gasteiger partial charge in [-0.1, -0.05) is 59.1 Å². The van der Waals surface area contributed by atoms with Crippen molar-refractivity contribution in [3.63, 3.8) is 0 Å². The fourth-order valence-electron chi connectivity index (χ4n) is 3.62. The number of nitrogens with zero attached hydrogens (tertiary/aromatic N) is 2. The maximum atomic E-state index is 13.3. The Bertz CT molecular complexity index is 1070. The molecule has 0 saturated carbocycles. The lowest BCUT2D eigenvalue weighted by molar-refractivity contribution is -0.140. The van der Waals surface area contributed by atoms with Crippen molar-refractivity contribution in [2.45, 2.75) is 59.0 Å². The summed E-state index contributed by atoms with van der Waals surface area (Å²) in [7, 11) is -3.50. The van der Waals surface area contributed by atoms with E-state index in [1.165, 1.54) is 4.31 Å². The number of unbranched alkanes of at least 4 members (excludes halogenated alkanes) is 1. The zero-order valence-corrected chi connectivity index (χ0v) is 23.4. The molecule has 0 aliphatic heterocycles. The Labute approximate surface area is 218 Å². The van der Waals surface area contributed by atoms with Gasteiger partial charge in [0.2, 0.25) is 21.8 Å². The van der Waals surface area contributed by atoms with Gasteiger partial charge >= 0.3 is 0 Å². The molecular formula is C26H36BrN3O4S. The first-order valence-electron chi connectivity index (χ1n) is 11.9. The van der Waals surface area contributed by atoms with Crippen LogP contribution in [0.2, 0.25) is 0 Å². The number of carbonyl (C=O) groups is 2. The number of carbonyl (C=O) groups excluding carboxylic acids is 2. The number of amides is 2. The van der Waals surface area contributed by atoms with Crippen molar-refractivity contribution in [1.29, 1.82) is 0 Å². The molecule has 0 saturated heterocycles. The molecule has 0 radical (unpaired) electrons. The zero-order valence-electron chi connectivity index (χ0n) is 21.0. The van der Waals surface area contributed by atoms with Crippen LogP contribution in [0.4, 0.5) is 5.69 Å². The summed E-state index contributed by atoms with van der Waals surface area (Å²) in [5.74, 6) is -0.384. The van der Waals surface area contributed by atoms with E-state index in [1.54, 1.807) is 24.0 Å². The maximum absolute atomic E-state index is 13.3. The van der Waals surface area contributed by atoms with Crippen LogP contribution in [0.3, 0.4) is 0 Å². The lowest BCUT2D eigenvalue weighted by atomic mass is 10.1. The first-order chi connectivity index (χ1) is 16.5. The van der Waals surface area contributed by atoms with E-state index >= 15 is 0 Å². The predicted octanol–water partition coefficient (Wildman–Crippen LogP) is 4.64. The average Bonchev–Trinajstić information content (AvgIpc) is 2.81. The number of hydrogen-bond acceptors (Lipinski definition) is 4. The Balaban J connectivity index is 2.12. The van der Waals surface area contributed by atoms with Gasteiger partial charge in [-0.25, -0.2) is 8.42 Å². The molecule has 0 aliphatic carbocycles. The Morgan fingerprint density at radius 1 is 1.03 bits per heavy atom. The van der Waals surface area contributed by atoms with Gasteiger partial charge < -0.3 is 10.2 Å². The van der Waals surface area contributed by atoms with E-state index in [0.29, 0.717) is 25.2 Å². The molecule has 2 rings (SSSR count). The molecule has 2 amide bonds. The molecule has 0 aromatic heterocycles. The van der Waals surface area contributed by atoms with Crippen LogP contribution in [-0.4, -0.2) is 50.5 Å². The summed E-state index contributed by atoms with van der Waals surface area (Å²) in [6, 6.07) is 14.2. The van der Waals surface area contributed by atoms with Gasteiger partial charge in [-0.3, -0.25) is 13.9 Å². The van der Waals surface area contributed by atoms with Crippen molar-refractivity contribution in [3.8, 4) is 0 Å². The first-order valence-corrected chi connectivity index (χ1v) is 14.5. The van der Waals surface area contributed by atoms with Gasteiger partial charge in [0.15, 0.2) is 0 Å². The van der Waals surface area contributed by atoms with E-state index < -0.39 is 16.1 Å². The lowest BCUT2D eigenvalue weighted by Crippen LogP contribution is -2.47. The first kappa shape index (κ1) is 28.8. The van der Waals surface area contributed by atoms with Gasteiger partial charge in [0.1, 0.15) is 6.04 Å². The number of rotatable bonds is 13. The summed E-state index contributed by atoms with van der Waals surface area (Å²) >= 11 is 3.42. The SMILES string of the molecule is CCCCNC(=O)[C@H](C)N(Cc1ccc(Br)cc1)C(=O)CCCN(c1ccc(C)cc1)S(C)(=O)=O. The normalized spacial score (nSPS) is 12.1. The molecule has 192 valence electrons. The summed E-state index contributed by atoms with van der Waals surface area (Å²) in [5, 5.41) is 2.91. The highest BCUT2D eigenvalue weighted by atomic mass is 79.9. The third-order valence-corrected chi connectivity index (χ3v) is 7.46. The van der Waals surface area contributed by atoms with Crippen molar-refractivity contribution in [2.75, 3.05) is 23.7 Å². The van der Waals surface area contributed by atoms with Crippen molar-refractivity contribution >= 4 is 43.5 Å². The number of sulfonamides is 1. The van der Waals surface area contributed by atoms with Crippen molar-refractivity contribution in [3.05, 3.63) is 64.1 Å². The Morgan fingerprint density at radius 3 is 2.23 bits per heavy atom. The second-order valence-electron chi connectivity index (χ2n) is 8.74. The fourth-order valence-corrected chi connectivity index (χ4v) is 4.85. The summed E-state index contributed by atoms with van der Waals surface area (Å²) in [5.41, 5.74) is 2.51. The van der Waals surface area contributed by atoms with Gasteiger partial charge in [0.25, 0.3) is 0 Å². The van der Waals surface area contributed by atoms with E-state index in [9.17, 15) is 18.0 Å². The summed E-state index contributed by atoms with van der Waals surface area (Å²) in [6.07, 6.45) is 3.46. The van der Waals surface area contributed by atoms with Crippen LogP contribution >= 0.6 is 15.9 Å². The molecule has 0 aliphatic rings. The molecule has 9 heteroatoms. The van der Waals surface area contributed by atoms with Crippen LogP contribution in [0.5, 0.6) is 0 Å². The van der Waals surface area contributed by atoms with Gasteiger partial charge in [-0.2, -0.15) is 0 Å². The number of aryl methyl sites for hydroxylation is 1. The highest BCUT2D eigenvalue weighted by Crippen LogP contribution is 2.20. The smallest absolute Gasteiger partial charge is 0.242 e. The minimum atomic E-state index is -3.50. The van der Waals surface area contributed by atoms with E-state index in [2.05, 4.69) is 28.2 Å². The van der Waals surface area contributed by atoms with Gasteiger partial charge in [0.05, 0.1) is 11.9 Å². The molecule has 0 bridgehead atoms. The van der Waals surface area contributed by atoms with E-state index in [-0.39, 0.29) is 24.8 Å². The highest BCUT2D eigenvalue weighted by molar-refractivity contribution is 9.10. The largest absolute Gasteiger partial charge is 0.354 e. The number of hydrogen-bond donors (Lipinski definition) is 1. The van der Waals surface area contributed by atoms with Crippen molar-refractivity contribution in [2.24, 2.45) is 0 Å². The summed E-state index contributed by atoms with van der Waals surface area (Å²) in [4.78, 5) is 27.6. The summed E-state index contributed by atoms with van der Waals surface area (Å²) in [6.45, 7) is 6.76. The number of nitrogens with one attached hydrogen (secondary N) is 1. The molecule has 0 spiro atoms. The molecule has 0 fully saturated rings. The Kier molecular flexibility index (Phi) is 11.2. The molecule has 1 N–H and O–H groups in total. The average molecular weight is 567 g/mol. The van der Waals surface area contributed by atoms with E-state index in [4.69, 9.17) is 0 Å². The zero-order chi connectivity index (χ0) is 26.0. The molecule has 0 heterocycles. The van der Waals surface area contributed by atoms with Gasteiger partial charge in [-0.05, 0) is 56.5 Å². The number of benzene rings is 2. The number of anilines is 1. The second kappa shape index (κ2) is 13.6. The fraction of sp³-hybridized carbons (Fsp3) is 0.462. The van der Waals surface area contributed by atoms with Crippen molar-refractivity contribution in [1.82, 2.24) is 10.2 Å². The molecule has 1 atom stereocenters. The predicted molar refractivity (Wildman–Crippen MR) is 145 cm³/mol. The second-order valence-corrected chi connectivity index (χ2v) is 11.6. The Hall–Kier alpha value is -2.39. The minimum Gasteiger partial charge on any atom is -0.354 e. The molecular weight excluding hydrogens is 530 g/mol. The summed E-state index contributed by atoms with van der Waals surface area (Å²) < 4.78 is 27.0. The highest BCUT2D eigenvalue weighted by Gasteiger charge is 2.26. The van der Waals surface area contributed by atoms with Crippen LogP contribution in [-0.2, 0) is 26.2 Å².